The number of aliphatic hydroxyl groups excluding tert-OH is 1. The molecule has 0 aromatic rings. The maximum atomic E-state index is 13.0. The Hall–Kier alpha value is -2.24. The summed E-state index contributed by atoms with van der Waals surface area (Å²) in [6.45, 7) is 3.33. The molecule has 28 heavy (non-hydrogen) atoms. The van der Waals surface area contributed by atoms with E-state index in [1.54, 1.807) is 0 Å². The van der Waals surface area contributed by atoms with Crippen molar-refractivity contribution in [2.45, 2.75) is 69.8 Å². The second-order valence-corrected chi connectivity index (χ2v) is 7.02. The van der Waals surface area contributed by atoms with Crippen molar-refractivity contribution in [1.82, 2.24) is 15.5 Å². The number of aliphatic hydroxyl groups is 1. The third-order valence-electron chi connectivity index (χ3n) is 4.70. The molecule has 1 heterocycles. The van der Waals surface area contributed by atoms with Crippen LogP contribution in [0.1, 0.15) is 39.5 Å². The number of carbonyl (C=O) groups is 4. The molecule has 160 valence electrons. The first-order valence-corrected chi connectivity index (χ1v) is 9.37. The van der Waals surface area contributed by atoms with Crippen LogP contribution in [0, 0.1) is 0 Å². The zero-order valence-corrected chi connectivity index (χ0v) is 16.3. The van der Waals surface area contributed by atoms with E-state index < -0.39 is 54.0 Å². The number of carboxylic acid groups (broad SMARTS) is 1. The lowest BCUT2D eigenvalue weighted by Crippen LogP contribution is -2.57. The van der Waals surface area contributed by atoms with Gasteiger partial charge in [0.25, 0.3) is 0 Å². The Morgan fingerprint density at radius 1 is 1.21 bits per heavy atom. The number of nitrogens with one attached hydrogen (secondary N) is 2. The van der Waals surface area contributed by atoms with E-state index in [0.29, 0.717) is 32.4 Å². The lowest BCUT2D eigenvalue weighted by molar-refractivity contribution is -0.144. The first-order valence-electron chi connectivity index (χ1n) is 9.37. The SMILES string of the molecule is C[C@H](NC(=O)[C@@H]1CCCN1C(=O)[C@H](CCCN)NC(=O)[C@@H](N)[C@@H](C)O)C(=O)O. The van der Waals surface area contributed by atoms with Crippen LogP contribution in [0.2, 0.25) is 0 Å². The highest BCUT2D eigenvalue weighted by Gasteiger charge is 2.38. The number of amides is 3. The van der Waals surface area contributed by atoms with E-state index in [1.807, 2.05) is 0 Å². The summed E-state index contributed by atoms with van der Waals surface area (Å²) in [5, 5.41) is 23.3. The fraction of sp³-hybridized carbons (Fsp3) is 0.765. The van der Waals surface area contributed by atoms with Gasteiger partial charge in [-0.05, 0) is 46.1 Å². The molecule has 0 unspecified atom stereocenters. The van der Waals surface area contributed by atoms with Crippen LogP contribution in [-0.2, 0) is 19.2 Å². The van der Waals surface area contributed by atoms with Gasteiger partial charge in [-0.2, -0.15) is 0 Å². The zero-order chi connectivity index (χ0) is 21.4. The van der Waals surface area contributed by atoms with Gasteiger partial charge >= 0.3 is 5.97 Å². The quantitative estimate of drug-likeness (QED) is 0.231. The Balaban J connectivity index is 2.89. The van der Waals surface area contributed by atoms with Crippen LogP contribution in [0.3, 0.4) is 0 Å². The van der Waals surface area contributed by atoms with Crippen LogP contribution in [-0.4, -0.2) is 82.2 Å². The van der Waals surface area contributed by atoms with Crippen LogP contribution in [0.25, 0.3) is 0 Å². The van der Waals surface area contributed by atoms with Gasteiger partial charge in [-0.3, -0.25) is 19.2 Å². The maximum Gasteiger partial charge on any atom is 0.325 e. The molecule has 0 bridgehead atoms. The highest BCUT2D eigenvalue weighted by Crippen LogP contribution is 2.20. The third kappa shape index (κ3) is 6.43. The largest absolute Gasteiger partial charge is 0.480 e. The topological polar surface area (TPSA) is 188 Å². The van der Waals surface area contributed by atoms with Crippen molar-refractivity contribution in [3.63, 3.8) is 0 Å². The predicted molar refractivity (Wildman–Crippen MR) is 99.9 cm³/mol. The van der Waals surface area contributed by atoms with Crippen LogP contribution < -0.4 is 22.1 Å². The Kier molecular flexibility index (Phi) is 9.29. The highest BCUT2D eigenvalue weighted by molar-refractivity contribution is 5.94. The highest BCUT2D eigenvalue weighted by atomic mass is 16.4. The van der Waals surface area contributed by atoms with Crippen LogP contribution in [0.4, 0.5) is 0 Å². The van der Waals surface area contributed by atoms with E-state index in [-0.39, 0.29) is 6.42 Å². The number of carbonyl (C=O) groups excluding carboxylic acids is 3. The average molecular weight is 401 g/mol. The first kappa shape index (κ1) is 23.8. The van der Waals surface area contributed by atoms with Crippen LogP contribution in [0.5, 0.6) is 0 Å². The summed E-state index contributed by atoms with van der Waals surface area (Å²) in [5.41, 5.74) is 11.1. The van der Waals surface area contributed by atoms with Crippen molar-refractivity contribution >= 4 is 23.7 Å². The molecule has 0 aromatic heterocycles. The van der Waals surface area contributed by atoms with E-state index in [9.17, 15) is 24.3 Å². The molecule has 11 nitrogen and oxygen atoms in total. The second kappa shape index (κ2) is 10.9. The Morgan fingerprint density at radius 2 is 1.86 bits per heavy atom. The van der Waals surface area contributed by atoms with Crippen molar-refractivity contribution in [3.05, 3.63) is 0 Å². The molecule has 1 aliphatic rings. The van der Waals surface area contributed by atoms with Crippen LogP contribution >= 0.6 is 0 Å². The van der Waals surface area contributed by atoms with Gasteiger partial charge in [-0.1, -0.05) is 0 Å². The maximum absolute atomic E-state index is 13.0. The van der Waals surface area contributed by atoms with Crippen molar-refractivity contribution in [2.24, 2.45) is 11.5 Å². The molecule has 0 aromatic carbocycles. The van der Waals surface area contributed by atoms with Crippen molar-refractivity contribution < 1.29 is 29.4 Å². The number of rotatable bonds is 10. The van der Waals surface area contributed by atoms with Crippen molar-refractivity contribution in [3.8, 4) is 0 Å². The average Bonchev–Trinajstić information content (AvgIpc) is 3.13. The van der Waals surface area contributed by atoms with E-state index in [1.165, 1.54) is 18.7 Å². The Bertz CT molecular complexity index is 584. The molecule has 1 saturated heterocycles. The number of hydrogen-bond donors (Lipinski definition) is 6. The lowest BCUT2D eigenvalue weighted by atomic mass is 10.1. The monoisotopic (exact) mass is 401 g/mol. The molecule has 1 rings (SSSR count). The van der Waals surface area contributed by atoms with E-state index in [2.05, 4.69) is 10.6 Å². The molecule has 1 aliphatic heterocycles. The molecule has 0 radical (unpaired) electrons. The number of nitrogens with zero attached hydrogens (tertiary/aromatic N) is 1. The number of hydrogen-bond acceptors (Lipinski definition) is 7. The van der Waals surface area contributed by atoms with Gasteiger partial charge in [0.05, 0.1) is 6.10 Å². The molecule has 0 aliphatic carbocycles. The number of likely N-dealkylation sites (tertiary alicyclic amines) is 1. The summed E-state index contributed by atoms with van der Waals surface area (Å²) < 4.78 is 0. The molecule has 8 N–H and O–H groups in total. The fourth-order valence-corrected chi connectivity index (χ4v) is 2.94. The minimum absolute atomic E-state index is 0.254. The van der Waals surface area contributed by atoms with Gasteiger partial charge in [0.1, 0.15) is 24.2 Å². The molecule has 0 spiro atoms. The van der Waals surface area contributed by atoms with Gasteiger partial charge in [-0.15, -0.1) is 0 Å². The zero-order valence-electron chi connectivity index (χ0n) is 16.3. The van der Waals surface area contributed by atoms with Gasteiger partial charge < -0.3 is 37.2 Å². The summed E-state index contributed by atoms with van der Waals surface area (Å²) in [6, 6.07) is -4.02. The van der Waals surface area contributed by atoms with E-state index in [0.717, 1.165) is 0 Å². The normalized spacial score (nSPS) is 20.8. The summed E-state index contributed by atoms with van der Waals surface area (Å²) >= 11 is 0. The van der Waals surface area contributed by atoms with Gasteiger partial charge in [0.15, 0.2) is 0 Å². The number of carboxylic acids is 1. The molecule has 11 heteroatoms. The molecule has 1 fully saturated rings. The minimum atomic E-state index is -1.19. The number of aliphatic carboxylic acids is 1. The smallest absolute Gasteiger partial charge is 0.325 e. The lowest BCUT2D eigenvalue weighted by Gasteiger charge is -2.30. The summed E-state index contributed by atoms with van der Waals surface area (Å²) in [7, 11) is 0. The number of nitrogens with two attached hydrogens (primary N) is 2. The minimum Gasteiger partial charge on any atom is -0.480 e. The van der Waals surface area contributed by atoms with Crippen molar-refractivity contribution in [1.29, 1.82) is 0 Å². The van der Waals surface area contributed by atoms with Crippen LogP contribution in [0.15, 0.2) is 0 Å². The Morgan fingerprint density at radius 3 is 2.39 bits per heavy atom. The van der Waals surface area contributed by atoms with Gasteiger partial charge in [-0.25, -0.2) is 0 Å². The molecule has 5 atom stereocenters. The van der Waals surface area contributed by atoms with Gasteiger partial charge in [0.2, 0.25) is 17.7 Å². The van der Waals surface area contributed by atoms with E-state index >= 15 is 0 Å². The van der Waals surface area contributed by atoms with Crippen molar-refractivity contribution in [2.75, 3.05) is 13.1 Å². The third-order valence-corrected chi connectivity index (χ3v) is 4.70. The molecular formula is C17H31N5O6. The van der Waals surface area contributed by atoms with Gasteiger partial charge in [0, 0.05) is 6.54 Å². The summed E-state index contributed by atoms with van der Waals surface area (Å²) in [5.74, 6) is -2.86. The summed E-state index contributed by atoms with van der Waals surface area (Å²) in [4.78, 5) is 49.8. The first-order chi connectivity index (χ1) is 13.1. The predicted octanol–water partition coefficient (Wildman–Crippen LogP) is -2.50. The molecule has 3 amide bonds. The molecule has 0 saturated carbocycles. The Labute approximate surface area is 163 Å². The summed E-state index contributed by atoms with van der Waals surface area (Å²) in [6.07, 6.45) is 0.601. The standard InChI is InChI=1S/C17H31N5O6/c1-9(17(27)28)20-14(24)12-6-4-8-22(12)16(26)11(5-3-7-18)21-15(25)13(19)10(2)23/h9-13,23H,3-8,18-19H2,1-2H3,(H,20,24)(H,21,25)(H,27,28)/t9-,10+,11-,12-,13-/m0/s1. The second-order valence-electron chi connectivity index (χ2n) is 7.02. The molecular weight excluding hydrogens is 370 g/mol. The van der Waals surface area contributed by atoms with E-state index in [4.69, 9.17) is 16.6 Å². The fourth-order valence-electron chi connectivity index (χ4n) is 2.94.